The van der Waals surface area contributed by atoms with E-state index in [2.05, 4.69) is 26.0 Å². The molecule has 1 aromatic rings. The van der Waals surface area contributed by atoms with E-state index in [4.69, 9.17) is 0 Å². The van der Waals surface area contributed by atoms with Gasteiger partial charge in [0.2, 0.25) is 0 Å². The summed E-state index contributed by atoms with van der Waals surface area (Å²) in [5, 5.41) is 4.89. The van der Waals surface area contributed by atoms with Gasteiger partial charge in [0.05, 0.1) is 0 Å². The van der Waals surface area contributed by atoms with Crippen LogP contribution in [-0.2, 0) is 10.0 Å². The van der Waals surface area contributed by atoms with Crippen molar-refractivity contribution in [2.75, 3.05) is 13.1 Å². The first-order valence-corrected chi connectivity index (χ1v) is 8.09. The molecular weight excluding hydrogens is 312 g/mol. The van der Waals surface area contributed by atoms with Crippen molar-refractivity contribution in [2.24, 2.45) is 0 Å². The van der Waals surface area contributed by atoms with Crippen molar-refractivity contribution in [1.82, 2.24) is 10.0 Å². The van der Waals surface area contributed by atoms with Gasteiger partial charge in [-0.25, -0.2) is 13.1 Å². The molecule has 0 radical (unpaired) electrons. The number of hydrogen-bond donors (Lipinski definition) is 2. The minimum atomic E-state index is -3.38. The van der Waals surface area contributed by atoms with Gasteiger partial charge in [0, 0.05) is 17.1 Å². The Morgan fingerprint density at radius 1 is 1.56 bits per heavy atom. The van der Waals surface area contributed by atoms with E-state index in [1.807, 2.05) is 13.8 Å². The number of likely N-dealkylation sites (N-methyl/N-ethyl adjacent to an activating group) is 1. The summed E-state index contributed by atoms with van der Waals surface area (Å²) in [6.45, 7) is 5.14. The zero-order chi connectivity index (χ0) is 12.2. The van der Waals surface area contributed by atoms with Gasteiger partial charge >= 0.3 is 0 Å². The van der Waals surface area contributed by atoms with Crippen LogP contribution in [0.15, 0.2) is 20.1 Å². The van der Waals surface area contributed by atoms with Crippen LogP contribution in [0.3, 0.4) is 0 Å². The minimum absolute atomic E-state index is 0.124. The molecule has 2 N–H and O–H groups in total. The molecule has 92 valence electrons. The van der Waals surface area contributed by atoms with Crippen LogP contribution in [0.5, 0.6) is 0 Å². The SMILES string of the molecule is CCN[C@H](C)CNS(=O)(=O)c1sccc1Br. The lowest BCUT2D eigenvalue weighted by atomic mass is 10.3. The Hall–Kier alpha value is 0.0500. The Balaban J connectivity index is 2.63. The summed E-state index contributed by atoms with van der Waals surface area (Å²) in [6.07, 6.45) is 0. The van der Waals surface area contributed by atoms with E-state index in [0.717, 1.165) is 6.54 Å². The largest absolute Gasteiger partial charge is 0.313 e. The number of rotatable bonds is 6. The summed E-state index contributed by atoms with van der Waals surface area (Å²) in [6, 6.07) is 1.85. The van der Waals surface area contributed by atoms with Gasteiger partial charge in [-0.2, -0.15) is 0 Å². The third-order valence-corrected chi connectivity index (χ3v) is 6.05. The average Bonchev–Trinajstić information content (AvgIpc) is 2.63. The van der Waals surface area contributed by atoms with Gasteiger partial charge in [-0.15, -0.1) is 11.3 Å². The number of halogens is 1. The highest BCUT2D eigenvalue weighted by Crippen LogP contribution is 2.27. The molecule has 0 fully saturated rings. The lowest BCUT2D eigenvalue weighted by molar-refractivity contribution is 0.537. The van der Waals surface area contributed by atoms with Crippen molar-refractivity contribution in [3.05, 3.63) is 15.9 Å². The molecule has 0 bridgehead atoms. The molecule has 0 aliphatic heterocycles. The Morgan fingerprint density at radius 2 is 2.25 bits per heavy atom. The quantitative estimate of drug-likeness (QED) is 0.837. The maximum atomic E-state index is 11.9. The fourth-order valence-corrected chi connectivity index (χ4v) is 4.70. The number of nitrogens with one attached hydrogen (secondary N) is 2. The van der Waals surface area contributed by atoms with Gasteiger partial charge in [0.1, 0.15) is 4.21 Å². The summed E-state index contributed by atoms with van der Waals surface area (Å²) >= 11 is 4.42. The molecule has 0 spiro atoms. The van der Waals surface area contributed by atoms with E-state index in [-0.39, 0.29) is 6.04 Å². The Morgan fingerprint density at radius 3 is 2.75 bits per heavy atom. The van der Waals surface area contributed by atoms with Crippen molar-refractivity contribution >= 4 is 37.3 Å². The van der Waals surface area contributed by atoms with Crippen LogP contribution in [0.2, 0.25) is 0 Å². The molecule has 0 aromatic carbocycles. The topological polar surface area (TPSA) is 58.2 Å². The molecule has 1 aromatic heterocycles. The molecule has 1 rings (SSSR count). The molecule has 16 heavy (non-hydrogen) atoms. The molecule has 4 nitrogen and oxygen atoms in total. The van der Waals surface area contributed by atoms with E-state index in [1.54, 1.807) is 11.4 Å². The molecular formula is C9H15BrN2O2S2. The fraction of sp³-hybridized carbons (Fsp3) is 0.556. The van der Waals surface area contributed by atoms with Crippen molar-refractivity contribution in [1.29, 1.82) is 0 Å². The Kier molecular flexibility index (Phi) is 5.39. The highest BCUT2D eigenvalue weighted by molar-refractivity contribution is 9.10. The minimum Gasteiger partial charge on any atom is -0.313 e. The first-order chi connectivity index (χ1) is 7.47. The summed E-state index contributed by atoms with van der Waals surface area (Å²) in [4.78, 5) is 0. The predicted octanol–water partition coefficient (Wildman–Crippen LogP) is 1.79. The molecule has 0 unspecified atom stereocenters. The van der Waals surface area contributed by atoms with Crippen LogP contribution < -0.4 is 10.0 Å². The molecule has 0 saturated carbocycles. The van der Waals surface area contributed by atoms with E-state index in [0.29, 0.717) is 15.2 Å². The first-order valence-electron chi connectivity index (χ1n) is 4.93. The monoisotopic (exact) mass is 326 g/mol. The highest BCUT2D eigenvalue weighted by atomic mass is 79.9. The predicted molar refractivity (Wildman–Crippen MR) is 70.3 cm³/mol. The van der Waals surface area contributed by atoms with Gasteiger partial charge < -0.3 is 5.32 Å². The number of thiophene rings is 1. The molecule has 0 aliphatic carbocycles. The molecule has 1 atom stereocenters. The van der Waals surface area contributed by atoms with Crippen LogP contribution in [0.1, 0.15) is 13.8 Å². The van der Waals surface area contributed by atoms with Gasteiger partial charge in [-0.1, -0.05) is 6.92 Å². The Labute approximate surface area is 109 Å². The normalized spacial score (nSPS) is 13.9. The maximum Gasteiger partial charge on any atom is 0.251 e. The van der Waals surface area contributed by atoms with Crippen molar-refractivity contribution in [3.63, 3.8) is 0 Å². The van der Waals surface area contributed by atoms with Crippen molar-refractivity contribution in [3.8, 4) is 0 Å². The number of hydrogen-bond acceptors (Lipinski definition) is 4. The number of sulfonamides is 1. The van der Waals surface area contributed by atoms with Crippen molar-refractivity contribution < 1.29 is 8.42 Å². The molecule has 0 amide bonds. The molecule has 1 heterocycles. The second-order valence-corrected chi connectivity index (χ2v) is 7.10. The average molecular weight is 327 g/mol. The zero-order valence-electron chi connectivity index (χ0n) is 9.16. The van der Waals surface area contributed by atoms with E-state index in [1.165, 1.54) is 11.3 Å². The second-order valence-electron chi connectivity index (χ2n) is 3.37. The van der Waals surface area contributed by atoms with Crippen LogP contribution in [-0.4, -0.2) is 27.5 Å². The maximum absolute atomic E-state index is 11.9. The molecule has 0 saturated heterocycles. The lowest BCUT2D eigenvalue weighted by Crippen LogP contribution is -2.38. The standard InChI is InChI=1S/C9H15BrN2O2S2/c1-3-11-7(2)6-12-16(13,14)9-8(10)4-5-15-9/h4-5,7,11-12H,3,6H2,1-2H3/t7-/m1/s1. The summed E-state index contributed by atoms with van der Waals surface area (Å²) in [5.74, 6) is 0. The third-order valence-electron chi connectivity index (χ3n) is 1.96. The summed E-state index contributed by atoms with van der Waals surface area (Å²) < 4.78 is 27.2. The van der Waals surface area contributed by atoms with Crippen LogP contribution in [0.25, 0.3) is 0 Å². The summed E-state index contributed by atoms with van der Waals surface area (Å²) in [5.41, 5.74) is 0. The van der Waals surface area contributed by atoms with Crippen molar-refractivity contribution in [2.45, 2.75) is 24.1 Å². The summed E-state index contributed by atoms with van der Waals surface area (Å²) in [7, 11) is -3.38. The smallest absolute Gasteiger partial charge is 0.251 e. The van der Waals surface area contributed by atoms with Gasteiger partial charge in [-0.05, 0) is 40.8 Å². The van der Waals surface area contributed by atoms with Gasteiger partial charge in [0.25, 0.3) is 10.0 Å². The first kappa shape index (κ1) is 14.1. The zero-order valence-corrected chi connectivity index (χ0v) is 12.4. The Bertz CT molecular complexity index is 430. The highest BCUT2D eigenvalue weighted by Gasteiger charge is 2.19. The van der Waals surface area contributed by atoms with Crippen LogP contribution in [0, 0.1) is 0 Å². The molecule has 7 heteroatoms. The van der Waals surface area contributed by atoms with E-state index < -0.39 is 10.0 Å². The second kappa shape index (κ2) is 6.11. The van der Waals surface area contributed by atoms with Gasteiger partial charge in [-0.3, -0.25) is 0 Å². The van der Waals surface area contributed by atoms with Crippen LogP contribution >= 0.6 is 27.3 Å². The lowest BCUT2D eigenvalue weighted by Gasteiger charge is -2.12. The third kappa shape index (κ3) is 3.81. The van der Waals surface area contributed by atoms with Crippen LogP contribution in [0.4, 0.5) is 0 Å². The van der Waals surface area contributed by atoms with E-state index >= 15 is 0 Å². The van der Waals surface area contributed by atoms with Gasteiger partial charge in [0.15, 0.2) is 0 Å². The fourth-order valence-electron chi connectivity index (χ4n) is 1.19. The molecule has 0 aliphatic rings. The van der Waals surface area contributed by atoms with E-state index in [9.17, 15) is 8.42 Å².